The van der Waals surface area contributed by atoms with E-state index in [1.54, 1.807) is 47.4 Å². The van der Waals surface area contributed by atoms with Crippen LogP contribution in [0.1, 0.15) is 28.8 Å². The highest BCUT2D eigenvalue weighted by Crippen LogP contribution is 2.30. The Bertz CT molecular complexity index is 1270. The van der Waals surface area contributed by atoms with E-state index >= 15 is 0 Å². The van der Waals surface area contributed by atoms with Gasteiger partial charge in [0.05, 0.1) is 16.3 Å². The highest BCUT2D eigenvalue weighted by Gasteiger charge is 2.24. The molecule has 164 valence electrons. The van der Waals surface area contributed by atoms with Crippen molar-refractivity contribution in [2.45, 2.75) is 24.7 Å². The third-order valence-corrected chi connectivity index (χ3v) is 6.61. The number of benzene rings is 3. The summed E-state index contributed by atoms with van der Waals surface area (Å²) in [6, 6.07) is 19.9. The molecule has 0 atom stereocenters. The predicted octanol–water partition coefficient (Wildman–Crippen LogP) is 4.17. The van der Waals surface area contributed by atoms with E-state index < -0.39 is 15.9 Å². The number of anilines is 3. The topological polar surface area (TPSA) is 95.6 Å². The molecule has 3 aromatic carbocycles. The molecule has 1 fully saturated rings. The zero-order valence-corrected chi connectivity index (χ0v) is 18.4. The lowest BCUT2D eigenvalue weighted by molar-refractivity contribution is -0.117. The van der Waals surface area contributed by atoms with Crippen LogP contribution in [0.15, 0.2) is 77.7 Å². The number of rotatable bonds is 6. The molecule has 32 heavy (non-hydrogen) atoms. The van der Waals surface area contributed by atoms with Crippen LogP contribution in [-0.4, -0.2) is 26.8 Å². The SMILES string of the molecule is Cc1ccc(NS(=O)(=O)c2cccc(C(=O)Nc3ccccc3N3CCCC3=O)c2)cc1. The molecule has 0 saturated carbocycles. The van der Waals surface area contributed by atoms with E-state index in [2.05, 4.69) is 10.0 Å². The average molecular weight is 450 g/mol. The summed E-state index contributed by atoms with van der Waals surface area (Å²) in [5.74, 6) is -0.446. The molecule has 8 heteroatoms. The molecule has 1 aliphatic rings. The van der Waals surface area contributed by atoms with E-state index in [0.29, 0.717) is 30.0 Å². The first-order chi connectivity index (χ1) is 15.3. The van der Waals surface area contributed by atoms with Crippen molar-refractivity contribution in [2.24, 2.45) is 0 Å². The van der Waals surface area contributed by atoms with Crippen LogP contribution in [0.5, 0.6) is 0 Å². The Labute approximate surface area is 187 Å². The maximum Gasteiger partial charge on any atom is 0.261 e. The van der Waals surface area contributed by atoms with Crippen molar-refractivity contribution in [2.75, 3.05) is 21.5 Å². The largest absolute Gasteiger partial charge is 0.320 e. The summed E-state index contributed by atoms with van der Waals surface area (Å²) in [4.78, 5) is 26.7. The van der Waals surface area contributed by atoms with Gasteiger partial charge in [-0.2, -0.15) is 0 Å². The van der Waals surface area contributed by atoms with Gasteiger partial charge in [0.1, 0.15) is 0 Å². The third kappa shape index (κ3) is 4.65. The van der Waals surface area contributed by atoms with Crippen LogP contribution in [-0.2, 0) is 14.8 Å². The predicted molar refractivity (Wildman–Crippen MR) is 124 cm³/mol. The number of carbonyl (C=O) groups excluding carboxylic acids is 2. The molecule has 0 bridgehead atoms. The standard InChI is InChI=1S/C24H23N3O4S/c1-17-11-13-19(14-12-17)26-32(30,31)20-7-4-6-18(16-20)24(29)25-21-8-2-3-9-22(21)27-15-5-10-23(27)28/h2-4,6-9,11-14,16,26H,5,10,15H2,1H3,(H,25,29). The van der Waals surface area contributed by atoms with Crippen molar-refractivity contribution in [1.82, 2.24) is 0 Å². The number of sulfonamides is 1. The average Bonchev–Trinajstić information content (AvgIpc) is 3.21. The summed E-state index contributed by atoms with van der Waals surface area (Å²) in [6.45, 7) is 2.52. The molecule has 4 rings (SSSR count). The maximum absolute atomic E-state index is 12.9. The number of aryl methyl sites for hydroxylation is 1. The molecule has 3 aromatic rings. The molecule has 0 aliphatic carbocycles. The number of amides is 2. The molecular formula is C24H23N3O4S. The molecule has 0 unspecified atom stereocenters. The van der Waals surface area contributed by atoms with Gasteiger partial charge in [-0.05, 0) is 55.8 Å². The van der Waals surface area contributed by atoms with Crippen LogP contribution in [0.4, 0.5) is 17.1 Å². The van der Waals surface area contributed by atoms with Crippen molar-refractivity contribution in [3.63, 3.8) is 0 Å². The Kier molecular flexibility index (Phi) is 5.96. The highest BCUT2D eigenvalue weighted by molar-refractivity contribution is 7.92. The van der Waals surface area contributed by atoms with Crippen LogP contribution in [0.3, 0.4) is 0 Å². The lowest BCUT2D eigenvalue weighted by atomic mass is 10.2. The van der Waals surface area contributed by atoms with Gasteiger partial charge in [0.2, 0.25) is 5.91 Å². The normalized spacial score (nSPS) is 13.8. The van der Waals surface area contributed by atoms with Crippen LogP contribution in [0, 0.1) is 6.92 Å². The summed E-state index contributed by atoms with van der Waals surface area (Å²) < 4.78 is 28.1. The second-order valence-electron chi connectivity index (χ2n) is 7.62. The zero-order valence-electron chi connectivity index (χ0n) is 17.5. The van der Waals surface area contributed by atoms with E-state index in [1.807, 2.05) is 19.1 Å². The monoisotopic (exact) mass is 449 g/mol. The summed E-state index contributed by atoms with van der Waals surface area (Å²) in [6.07, 6.45) is 1.26. The fourth-order valence-electron chi connectivity index (χ4n) is 3.55. The van der Waals surface area contributed by atoms with Gasteiger partial charge in [0, 0.05) is 24.2 Å². The first-order valence-corrected chi connectivity index (χ1v) is 11.7. The molecule has 1 saturated heterocycles. The van der Waals surface area contributed by atoms with E-state index in [0.717, 1.165) is 12.0 Å². The van der Waals surface area contributed by atoms with Gasteiger partial charge >= 0.3 is 0 Å². The Hall–Kier alpha value is -3.65. The van der Waals surface area contributed by atoms with Gasteiger partial charge in [-0.15, -0.1) is 0 Å². The number of para-hydroxylation sites is 2. The maximum atomic E-state index is 12.9. The molecule has 0 spiro atoms. The molecular weight excluding hydrogens is 426 g/mol. The molecule has 7 nitrogen and oxygen atoms in total. The second kappa shape index (κ2) is 8.84. The van der Waals surface area contributed by atoms with Gasteiger partial charge in [0.15, 0.2) is 0 Å². The Morgan fingerprint density at radius 1 is 0.969 bits per heavy atom. The quantitative estimate of drug-likeness (QED) is 0.590. The Morgan fingerprint density at radius 2 is 1.72 bits per heavy atom. The minimum absolute atomic E-state index is 0.0157. The highest BCUT2D eigenvalue weighted by atomic mass is 32.2. The molecule has 2 N–H and O–H groups in total. The van der Waals surface area contributed by atoms with E-state index in [4.69, 9.17) is 0 Å². The summed E-state index contributed by atoms with van der Waals surface area (Å²) >= 11 is 0. The number of hydrogen-bond donors (Lipinski definition) is 2. The first-order valence-electron chi connectivity index (χ1n) is 10.2. The van der Waals surface area contributed by atoms with Crippen molar-refractivity contribution < 1.29 is 18.0 Å². The summed E-state index contributed by atoms with van der Waals surface area (Å²) in [5.41, 5.74) is 2.78. The fraction of sp³-hybridized carbons (Fsp3) is 0.167. The number of carbonyl (C=O) groups is 2. The van der Waals surface area contributed by atoms with E-state index in [9.17, 15) is 18.0 Å². The van der Waals surface area contributed by atoms with Crippen molar-refractivity contribution >= 4 is 38.9 Å². The van der Waals surface area contributed by atoms with E-state index in [1.165, 1.54) is 18.2 Å². The Morgan fingerprint density at radius 3 is 2.44 bits per heavy atom. The van der Waals surface area contributed by atoms with Crippen molar-refractivity contribution in [1.29, 1.82) is 0 Å². The minimum Gasteiger partial charge on any atom is -0.320 e. The number of nitrogens with one attached hydrogen (secondary N) is 2. The lowest BCUT2D eigenvalue weighted by Gasteiger charge is -2.20. The van der Waals surface area contributed by atoms with Gasteiger partial charge in [-0.3, -0.25) is 14.3 Å². The zero-order chi connectivity index (χ0) is 22.7. The van der Waals surface area contributed by atoms with Crippen molar-refractivity contribution in [3.05, 3.63) is 83.9 Å². The van der Waals surface area contributed by atoms with Crippen LogP contribution in [0.2, 0.25) is 0 Å². The van der Waals surface area contributed by atoms with Gasteiger partial charge < -0.3 is 10.2 Å². The number of nitrogens with zero attached hydrogens (tertiary/aromatic N) is 1. The van der Waals surface area contributed by atoms with Gasteiger partial charge in [0.25, 0.3) is 15.9 Å². The molecule has 1 heterocycles. The van der Waals surface area contributed by atoms with Crippen LogP contribution >= 0.6 is 0 Å². The Balaban J connectivity index is 1.56. The number of hydrogen-bond acceptors (Lipinski definition) is 4. The summed E-state index contributed by atoms with van der Waals surface area (Å²) in [7, 11) is -3.87. The third-order valence-electron chi connectivity index (χ3n) is 5.23. The minimum atomic E-state index is -3.87. The first kappa shape index (κ1) is 21.6. The van der Waals surface area contributed by atoms with Crippen LogP contribution < -0.4 is 14.9 Å². The molecule has 1 aliphatic heterocycles. The lowest BCUT2D eigenvalue weighted by Crippen LogP contribution is -2.25. The summed E-state index contributed by atoms with van der Waals surface area (Å²) in [5, 5.41) is 2.81. The van der Waals surface area contributed by atoms with E-state index in [-0.39, 0.29) is 16.4 Å². The fourth-order valence-corrected chi connectivity index (χ4v) is 4.66. The molecule has 2 amide bonds. The van der Waals surface area contributed by atoms with Gasteiger partial charge in [-0.25, -0.2) is 8.42 Å². The molecule has 0 aromatic heterocycles. The van der Waals surface area contributed by atoms with Crippen LogP contribution in [0.25, 0.3) is 0 Å². The van der Waals surface area contributed by atoms with Crippen molar-refractivity contribution in [3.8, 4) is 0 Å². The smallest absolute Gasteiger partial charge is 0.261 e. The second-order valence-corrected chi connectivity index (χ2v) is 9.30. The molecule has 0 radical (unpaired) electrons. The van der Waals surface area contributed by atoms with Gasteiger partial charge in [-0.1, -0.05) is 35.9 Å².